The van der Waals surface area contributed by atoms with Crippen molar-refractivity contribution < 1.29 is 19.2 Å². The molecule has 0 bridgehead atoms. The van der Waals surface area contributed by atoms with Crippen LogP contribution in [0.2, 0.25) is 0 Å². The Morgan fingerprint density at radius 2 is 2.23 bits per heavy atom. The number of aromatic nitrogens is 1. The molecule has 0 saturated heterocycles. The summed E-state index contributed by atoms with van der Waals surface area (Å²) < 4.78 is 18.0. The van der Waals surface area contributed by atoms with E-state index in [1.54, 1.807) is 0 Å². The Bertz CT molecular complexity index is 323. The molecular weight excluding hydrogens is 244 g/mol. The Kier molecular flexibility index (Phi) is 3.24. The third-order valence-corrected chi connectivity index (χ3v) is 2.06. The summed E-state index contributed by atoms with van der Waals surface area (Å²) in [7, 11) is -0.654. The molecule has 0 aliphatic rings. The van der Waals surface area contributed by atoms with Crippen molar-refractivity contribution >= 4 is 28.5 Å². The van der Waals surface area contributed by atoms with Crippen LogP contribution in [-0.4, -0.2) is 29.3 Å². The maximum atomic E-state index is 13.2. The molecule has 1 heterocycles. The summed E-state index contributed by atoms with van der Waals surface area (Å²) in [5.74, 6) is -1.15. The highest BCUT2D eigenvalue weighted by atomic mass is 79.9. The lowest BCUT2D eigenvalue weighted by Crippen LogP contribution is -2.34. The molecule has 0 amide bonds. The molecule has 1 aromatic rings. The molecule has 70 valence electrons. The van der Waals surface area contributed by atoms with Crippen LogP contribution in [-0.2, 0) is 0 Å². The van der Waals surface area contributed by atoms with Gasteiger partial charge in [-0.1, -0.05) is 0 Å². The van der Waals surface area contributed by atoms with E-state index in [0.717, 1.165) is 0 Å². The Morgan fingerprint density at radius 3 is 2.69 bits per heavy atom. The fourth-order valence-electron chi connectivity index (χ4n) is 0.841. The summed E-state index contributed by atoms with van der Waals surface area (Å²) in [4.78, 5) is 3.57. The minimum Gasteiger partial charge on any atom is -0.479 e. The van der Waals surface area contributed by atoms with Crippen LogP contribution in [0.1, 0.15) is 0 Å². The van der Waals surface area contributed by atoms with Crippen molar-refractivity contribution in [1.82, 2.24) is 4.98 Å². The highest BCUT2D eigenvalue weighted by molar-refractivity contribution is 9.10. The predicted molar refractivity (Wildman–Crippen MR) is 48.3 cm³/mol. The van der Waals surface area contributed by atoms with Gasteiger partial charge in [0.15, 0.2) is 5.82 Å². The number of hydrogen-bond acceptors (Lipinski definition) is 4. The minimum absolute atomic E-state index is 0.181. The van der Waals surface area contributed by atoms with Crippen LogP contribution < -0.4 is 10.2 Å². The number of halogens is 2. The summed E-state index contributed by atoms with van der Waals surface area (Å²) in [6.45, 7) is 0. The van der Waals surface area contributed by atoms with Crippen molar-refractivity contribution in [1.29, 1.82) is 0 Å². The van der Waals surface area contributed by atoms with Gasteiger partial charge in [0.05, 0.1) is 7.11 Å². The van der Waals surface area contributed by atoms with Crippen molar-refractivity contribution in [2.24, 2.45) is 0 Å². The lowest BCUT2D eigenvalue weighted by Gasteiger charge is -2.07. The topological polar surface area (TPSA) is 62.6 Å². The molecule has 2 N–H and O–H groups in total. The van der Waals surface area contributed by atoms with Crippen LogP contribution in [0.5, 0.6) is 5.88 Å². The molecule has 0 aliphatic heterocycles. The molecule has 1 rings (SSSR count). The molecule has 0 spiro atoms. The van der Waals surface area contributed by atoms with Crippen LogP contribution in [0, 0.1) is 5.82 Å². The lowest BCUT2D eigenvalue weighted by atomic mass is 9.80. The van der Waals surface area contributed by atoms with E-state index in [-0.39, 0.29) is 15.8 Å². The quantitative estimate of drug-likeness (QED) is 0.705. The highest BCUT2D eigenvalue weighted by Crippen LogP contribution is 2.15. The molecule has 7 heteroatoms. The van der Waals surface area contributed by atoms with Gasteiger partial charge in [0, 0.05) is 16.1 Å². The first kappa shape index (κ1) is 10.4. The van der Waals surface area contributed by atoms with E-state index in [1.165, 1.54) is 13.3 Å². The average molecular weight is 250 g/mol. The SMILES string of the molecule is COc1ncc(Br)c(B(O)O)c1F. The van der Waals surface area contributed by atoms with Gasteiger partial charge in [0.25, 0.3) is 0 Å². The molecule has 0 aliphatic carbocycles. The van der Waals surface area contributed by atoms with Gasteiger partial charge in [0.1, 0.15) is 0 Å². The summed E-state index contributed by atoms with van der Waals surface area (Å²) in [6.07, 6.45) is 1.23. The maximum absolute atomic E-state index is 13.2. The fourth-order valence-corrected chi connectivity index (χ4v) is 1.32. The van der Waals surface area contributed by atoms with E-state index < -0.39 is 12.9 Å². The van der Waals surface area contributed by atoms with Crippen LogP contribution >= 0.6 is 15.9 Å². The molecule has 0 fully saturated rings. The number of methoxy groups -OCH3 is 1. The Morgan fingerprint density at radius 1 is 1.62 bits per heavy atom. The van der Waals surface area contributed by atoms with Crippen LogP contribution in [0.4, 0.5) is 4.39 Å². The normalized spacial score (nSPS) is 9.92. The van der Waals surface area contributed by atoms with Gasteiger partial charge in [-0.15, -0.1) is 0 Å². The molecule has 0 saturated carbocycles. The standard InChI is InChI=1S/C6H6BBrFNO3/c1-13-6-5(9)4(7(11)12)3(8)2-10-6/h2,11-12H,1H3. The average Bonchev–Trinajstić information content (AvgIpc) is 2.04. The molecule has 4 nitrogen and oxygen atoms in total. The number of ether oxygens (including phenoxy) is 1. The second-order valence-corrected chi connectivity index (χ2v) is 3.07. The van der Waals surface area contributed by atoms with E-state index in [9.17, 15) is 4.39 Å². The number of hydrogen-bond donors (Lipinski definition) is 2. The largest absolute Gasteiger partial charge is 0.492 e. The third kappa shape index (κ3) is 1.98. The van der Waals surface area contributed by atoms with Crippen molar-refractivity contribution in [3.05, 3.63) is 16.5 Å². The second-order valence-electron chi connectivity index (χ2n) is 2.22. The Balaban J connectivity index is 3.30. The van der Waals surface area contributed by atoms with Gasteiger partial charge >= 0.3 is 7.12 Å². The number of pyridine rings is 1. The summed E-state index contributed by atoms with van der Waals surface area (Å²) in [5.41, 5.74) is -0.285. The smallest absolute Gasteiger partial charge is 0.479 e. The van der Waals surface area contributed by atoms with Crippen LogP contribution in [0.3, 0.4) is 0 Å². The van der Waals surface area contributed by atoms with E-state index in [0.29, 0.717) is 0 Å². The molecule has 0 radical (unpaired) electrons. The van der Waals surface area contributed by atoms with Gasteiger partial charge in [-0.2, -0.15) is 0 Å². The van der Waals surface area contributed by atoms with Gasteiger partial charge in [-0.25, -0.2) is 9.37 Å². The zero-order chi connectivity index (χ0) is 10.0. The van der Waals surface area contributed by atoms with E-state index in [1.807, 2.05) is 0 Å². The van der Waals surface area contributed by atoms with Gasteiger partial charge in [0.2, 0.25) is 5.88 Å². The van der Waals surface area contributed by atoms with Crippen molar-refractivity contribution in [3.8, 4) is 5.88 Å². The third-order valence-electron chi connectivity index (χ3n) is 1.43. The molecule has 0 unspecified atom stereocenters. The van der Waals surface area contributed by atoms with E-state index in [2.05, 4.69) is 25.7 Å². The predicted octanol–water partition coefficient (Wildman–Crippen LogP) is -0.328. The molecule has 1 aromatic heterocycles. The van der Waals surface area contributed by atoms with Gasteiger partial charge in [-0.05, 0) is 15.9 Å². The fraction of sp³-hybridized carbons (Fsp3) is 0.167. The summed E-state index contributed by atoms with van der Waals surface area (Å²) in [5, 5.41) is 17.6. The van der Waals surface area contributed by atoms with Gasteiger partial charge < -0.3 is 14.8 Å². The first-order valence-corrected chi connectivity index (χ1v) is 4.11. The molecule has 13 heavy (non-hydrogen) atoms. The number of rotatable bonds is 2. The maximum Gasteiger partial charge on any atom is 0.492 e. The van der Waals surface area contributed by atoms with Crippen LogP contribution in [0.15, 0.2) is 10.7 Å². The van der Waals surface area contributed by atoms with Crippen molar-refractivity contribution in [2.75, 3.05) is 7.11 Å². The van der Waals surface area contributed by atoms with Crippen molar-refractivity contribution in [2.45, 2.75) is 0 Å². The van der Waals surface area contributed by atoms with Crippen LogP contribution in [0.25, 0.3) is 0 Å². The number of nitrogens with zero attached hydrogens (tertiary/aromatic N) is 1. The van der Waals surface area contributed by atoms with Crippen molar-refractivity contribution in [3.63, 3.8) is 0 Å². The Hall–Kier alpha value is -0.655. The first-order valence-electron chi connectivity index (χ1n) is 3.32. The van der Waals surface area contributed by atoms with E-state index >= 15 is 0 Å². The van der Waals surface area contributed by atoms with Gasteiger partial charge in [-0.3, -0.25) is 0 Å². The molecule has 0 atom stereocenters. The zero-order valence-electron chi connectivity index (χ0n) is 6.66. The molecular formula is C6H6BBrFNO3. The van der Waals surface area contributed by atoms with E-state index in [4.69, 9.17) is 10.0 Å². The first-order chi connectivity index (χ1) is 6.07. The minimum atomic E-state index is -1.90. The summed E-state index contributed by atoms with van der Waals surface area (Å²) in [6, 6.07) is 0. The summed E-state index contributed by atoms with van der Waals surface area (Å²) >= 11 is 2.93. The monoisotopic (exact) mass is 249 g/mol. The molecule has 0 aromatic carbocycles. The highest BCUT2D eigenvalue weighted by Gasteiger charge is 2.23. The second kappa shape index (κ2) is 4.04. The zero-order valence-corrected chi connectivity index (χ0v) is 8.25. The lowest BCUT2D eigenvalue weighted by molar-refractivity contribution is 0.367. The Labute approximate surface area is 82.6 Å².